The number of nitrogens with zero attached hydrogens (tertiary/aromatic N) is 3. The zero-order valence-electron chi connectivity index (χ0n) is 14.7. The number of carbonyl (C=O) groups excluding carboxylic acids is 2. The molecular formula is C19H22N4O2S. The summed E-state index contributed by atoms with van der Waals surface area (Å²) in [6.45, 7) is 4.65. The third-order valence-corrected chi connectivity index (χ3v) is 5.48. The Morgan fingerprint density at radius 2 is 1.69 bits per heavy atom. The maximum Gasteiger partial charge on any atom is 0.261 e. The summed E-state index contributed by atoms with van der Waals surface area (Å²) in [6.07, 6.45) is 0. The SMILES string of the molecule is CN1CCN(c2ccc3c4c(cccc24)C(=O)N(CCNS)C3=O)CC1. The van der Waals surface area contributed by atoms with Gasteiger partial charge in [0.25, 0.3) is 11.8 Å². The normalized spacial score (nSPS) is 18.1. The Balaban J connectivity index is 1.81. The second kappa shape index (κ2) is 6.90. The van der Waals surface area contributed by atoms with Crippen LogP contribution in [0.5, 0.6) is 0 Å². The minimum atomic E-state index is -0.229. The second-order valence-corrected chi connectivity index (χ2v) is 7.14. The third-order valence-electron chi connectivity index (χ3n) is 5.26. The van der Waals surface area contributed by atoms with Gasteiger partial charge in [0, 0.05) is 66.9 Å². The highest BCUT2D eigenvalue weighted by molar-refractivity contribution is 7.78. The lowest BCUT2D eigenvalue weighted by Gasteiger charge is -2.35. The maximum absolute atomic E-state index is 12.9. The van der Waals surface area contributed by atoms with Crippen molar-refractivity contribution >= 4 is 41.1 Å². The van der Waals surface area contributed by atoms with Gasteiger partial charge < -0.3 is 9.80 Å². The average molecular weight is 370 g/mol. The van der Waals surface area contributed by atoms with E-state index in [2.05, 4.69) is 34.4 Å². The average Bonchev–Trinajstić information content (AvgIpc) is 2.66. The van der Waals surface area contributed by atoms with Crippen molar-refractivity contribution in [2.24, 2.45) is 0 Å². The van der Waals surface area contributed by atoms with Crippen molar-refractivity contribution in [3.8, 4) is 0 Å². The van der Waals surface area contributed by atoms with Crippen molar-refractivity contribution < 1.29 is 9.59 Å². The first-order valence-electron chi connectivity index (χ1n) is 8.84. The largest absolute Gasteiger partial charge is 0.368 e. The number of carbonyl (C=O) groups is 2. The number of imide groups is 1. The predicted molar refractivity (Wildman–Crippen MR) is 106 cm³/mol. The van der Waals surface area contributed by atoms with E-state index in [1.807, 2.05) is 30.3 Å². The summed E-state index contributed by atoms with van der Waals surface area (Å²) >= 11 is 3.95. The Hall–Kier alpha value is -2.09. The number of thiol groups is 1. The first-order valence-corrected chi connectivity index (χ1v) is 9.29. The molecule has 0 saturated carbocycles. The zero-order valence-corrected chi connectivity index (χ0v) is 15.6. The monoisotopic (exact) mass is 370 g/mol. The first kappa shape index (κ1) is 17.3. The molecule has 0 atom stereocenters. The van der Waals surface area contributed by atoms with Gasteiger partial charge in [0.2, 0.25) is 0 Å². The number of anilines is 1. The van der Waals surface area contributed by atoms with Crippen molar-refractivity contribution in [3.63, 3.8) is 0 Å². The molecule has 2 amide bonds. The zero-order chi connectivity index (χ0) is 18.3. The number of piperazine rings is 1. The predicted octanol–water partition coefficient (Wildman–Crippen LogP) is 1.62. The van der Waals surface area contributed by atoms with E-state index in [0.29, 0.717) is 24.2 Å². The van der Waals surface area contributed by atoms with E-state index in [1.54, 1.807) is 0 Å². The highest BCUT2D eigenvalue weighted by atomic mass is 32.1. The van der Waals surface area contributed by atoms with Crippen LogP contribution in [0.15, 0.2) is 30.3 Å². The molecule has 2 aliphatic heterocycles. The molecule has 0 radical (unpaired) electrons. The van der Waals surface area contributed by atoms with Crippen molar-refractivity contribution in [3.05, 3.63) is 41.5 Å². The van der Waals surface area contributed by atoms with E-state index in [1.165, 1.54) is 4.90 Å². The van der Waals surface area contributed by atoms with E-state index in [-0.39, 0.29) is 11.8 Å². The van der Waals surface area contributed by atoms with Gasteiger partial charge in [0.05, 0.1) is 0 Å². The summed E-state index contributed by atoms with van der Waals surface area (Å²) in [5.41, 5.74) is 2.31. The molecule has 2 aromatic carbocycles. The second-order valence-electron chi connectivity index (χ2n) is 6.82. The lowest BCUT2D eigenvalue weighted by Crippen LogP contribution is -2.45. The molecule has 0 spiro atoms. The van der Waals surface area contributed by atoms with Gasteiger partial charge in [-0.1, -0.05) is 24.9 Å². The number of nitrogens with one attached hydrogen (secondary N) is 1. The van der Waals surface area contributed by atoms with E-state index in [0.717, 1.165) is 42.6 Å². The molecule has 2 heterocycles. The van der Waals surface area contributed by atoms with Crippen molar-refractivity contribution in [2.45, 2.75) is 0 Å². The topological polar surface area (TPSA) is 55.9 Å². The summed E-state index contributed by atoms with van der Waals surface area (Å²) < 4.78 is 2.70. The van der Waals surface area contributed by atoms with Gasteiger partial charge >= 0.3 is 0 Å². The van der Waals surface area contributed by atoms with Gasteiger partial charge in [0.15, 0.2) is 0 Å². The Bertz CT molecular complexity index is 855. The lowest BCUT2D eigenvalue weighted by atomic mass is 9.92. The number of benzene rings is 2. The Morgan fingerprint density at radius 1 is 1.00 bits per heavy atom. The molecule has 7 heteroatoms. The summed E-state index contributed by atoms with van der Waals surface area (Å²) in [5, 5.41) is 1.77. The summed E-state index contributed by atoms with van der Waals surface area (Å²) in [7, 11) is 2.13. The number of amides is 2. The van der Waals surface area contributed by atoms with E-state index >= 15 is 0 Å². The van der Waals surface area contributed by atoms with Crippen molar-refractivity contribution in [1.82, 2.24) is 14.5 Å². The number of likely N-dealkylation sites (N-methyl/N-ethyl adjacent to an activating group) is 1. The molecule has 4 rings (SSSR count). The molecule has 2 aliphatic rings. The van der Waals surface area contributed by atoms with Crippen LogP contribution in [0.25, 0.3) is 10.8 Å². The molecular weight excluding hydrogens is 348 g/mol. The minimum absolute atomic E-state index is 0.229. The van der Waals surface area contributed by atoms with E-state index in [4.69, 9.17) is 0 Å². The van der Waals surface area contributed by atoms with Crippen LogP contribution < -0.4 is 9.62 Å². The lowest BCUT2D eigenvalue weighted by molar-refractivity contribution is 0.0614. The molecule has 0 aromatic heterocycles. The van der Waals surface area contributed by atoms with Gasteiger partial charge in [-0.15, -0.1) is 0 Å². The van der Waals surface area contributed by atoms with Crippen LogP contribution in [0.4, 0.5) is 5.69 Å². The van der Waals surface area contributed by atoms with Crippen LogP contribution >= 0.6 is 12.8 Å². The summed E-state index contributed by atoms with van der Waals surface area (Å²) in [5.74, 6) is -0.459. The van der Waals surface area contributed by atoms with Crippen molar-refractivity contribution in [2.75, 3.05) is 51.2 Å². The molecule has 2 aromatic rings. The molecule has 0 unspecified atom stereocenters. The van der Waals surface area contributed by atoms with Crippen molar-refractivity contribution in [1.29, 1.82) is 0 Å². The fourth-order valence-corrected chi connectivity index (χ4v) is 3.92. The molecule has 0 bridgehead atoms. The Morgan fingerprint density at radius 3 is 2.38 bits per heavy atom. The molecule has 136 valence electrons. The standard InChI is InChI=1S/C19H22N4O2S/c1-21-9-11-22(12-10-21)16-6-5-15-17-13(16)3-2-4-14(17)18(24)23(19(15)25)8-7-20-26/h2-6,20,26H,7-12H2,1H3. The van der Waals surface area contributed by atoms with Gasteiger partial charge in [0.1, 0.15) is 0 Å². The molecule has 1 fully saturated rings. The molecule has 0 aliphatic carbocycles. The molecule has 1 N–H and O–H groups in total. The quantitative estimate of drug-likeness (QED) is 0.633. The fraction of sp³-hybridized carbons (Fsp3) is 0.368. The molecule has 6 nitrogen and oxygen atoms in total. The Kier molecular flexibility index (Phi) is 4.60. The Labute approximate surface area is 158 Å². The van der Waals surface area contributed by atoms with E-state index in [9.17, 15) is 9.59 Å². The number of hydrogen-bond donors (Lipinski definition) is 2. The van der Waals surface area contributed by atoms with Crippen LogP contribution in [-0.4, -0.2) is 67.9 Å². The van der Waals surface area contributed by atoms with Gasteiger partial charge in [-0.05, 0) is 25.2 Å². The number of rotatable bonds is 4. The highest BCUT2D eigenvalue weighted by Gasteiger charge is 2.33. The maximum atomic E-state index is 12.9. The van der Waals surface area contributed by atoms with E-state index < -0.39 is 0 Å². The van der Waals surface area contributed by atoms with Crippen LogP contribution in [0, 0.1) is 0 Å². The van der Waals surface area contributed by atoms with Gasteiger partial charge in [-0.2, -0.15) is 0 Å². The summed E-state index contributed by atoms with van der Waals surface area (Å²) in [4.78, 5) is 31.7. The fourth-order valence-electron chi connectivity index (χ4n) is 3.82. The van der Waals surface area contributed by atoms with Gasteiger partial charge in [-0.25, -0.2) is 0 Å². The number of hydrogen-bond acceptors (Lipinski definition) is 6. The van der Waals surface area contributed by atoms with Gasteiger partial charge in [-0.3, -0.25) is 19.2 Å². The third kappa shape index (κ3) is 2.76. The van der Waals surface area contributed by atoms with Crippen LogP contribution in [0.1, 0.15) is 20.7 Å². The molecule has 1 saturated heterocycles. The minimum Gasteiger partial charge on any atom is -0.368 e. The highest BCUT2D eigenvalue weighted by Crippen LogP contribution is 2.36. The summed E-state index contributed by atoms with van der Waals surface area (Å²) in [6, 6.07) is 9.63. The molecule has 26 heavy (non-hydrogen) atoms. The van der Waals surface area contributed by atoms with Crippen LogP contribution in [0.2, 0.25) is 0 Å². The first-order chi connectivity index (χ1) is 12.6. The van der Waals surface area contributed by atoms with Crippen LogP contribution in [-0.2, 0) is 0 Å². The smallest absolute Gasteiger partial charge is 0.261 e. The van der Waals surface area contributed by atoms with Crippen LogP contribution in [0.3, 0.4) is 0 Å².